The van der Waals surface area contributed by atoms with Crippen molar-refractivity contribution in [2.24, 2.45) is 11.3 Å². The maximum atomic E-state index is 11.9. The van der Waals surface area contributed by atoms with Gasteiger partial charge in [-0.15, -0.1) is 0 Å². The van der Waals surface area contributed by atoms with Gasteiger partial charge >= 0.3 is 134 Å². The van der Waals surface area contributed by atoms with Crippen LogP contribution >= 0.6 is 0 Å². The molecule has 0 bridgehead atoms. The van der Waals surface area contributed by atoms with Crippen LogP contribution in [0.25, 0.3) is 0 Å². The summed E-state index contributed by atoms with van der Waals surface area (Å²) in [6.07, 6.45) is 3.80. The van der Waals surface area contributed by atoms with Gasteiger partial charge in [0.05, 0.1) is 0 Å². The predicted octanol–water partition coefficient (Wildman–Crippen LogP) is 2.18. The minimum absolute atomic E-state index is 0.258. The Morgan fingerprint density at radius 2 is 1.81 bits per heavy atom. The van der Waals surface area contributed by atoms with E-state index < -0.39 is 10.8 Å². The van der Waals surface area contributed by atoms with Gasteiger partial charge in [0.2, 0.25) is 0 Å². The summed E-state index contributed by atoms with van der Waals surface area (Å²) < 4.78 is 1.31. The molecule has 1 saturated carbocycles. The fourth-order valence-electron chi connectivity index (χ4n) is 3.19. The number of rotatable bonds is 4. The van der Waals surface area contributed by atoms with Crippen molar-refractivity contribution < 1.29 is 10.4 Å². The van der Waals surface area contributed by atoms with Crippen molar-refractivity contribution in [1.29, 1.82) is 0 Å². The number of hydrogen-bond donors (Lipinski definition) is 2. The average molecular weight is 356 g/mol. The Morgan fingerprint density at radius 1 is 1.24 bits per heavy atom. The maximum absolute atomic E-state index is 11.9. The summed E-state index contributed by atoms with van der Waals surface area (Å²) in [5, 5.41) is 21.9. The monoisotopic (exact) mass is 357 g/mol. The molecule has 1 aromatic carbocycles. The van der Waals surface area contributed by atoms with Crippen LogP contribution in [0.3, 0.4) is 0 Å². The first-order chi connectivity index (χ1) is 9.83. The van der Waals surface area contributed by atoms with Gasteiger partial charge in [-0.25, -0.2) is 0 Å². The summed E-state index contributed by atoms with van der Waals surface area (Å²) >= 11 is 0.258. The molecule has 0 radical (unpaired) electrons. The number of nitrogens with one attached hydrogen (secondary N) is 1. The van der Waals surface area contributed by atoms with Crippen LogP contribution in [0.5, 0.6) is 0 Å². The molecule has 4 heteroatoms. The number of quaternary nitrogens is 1. The Morgan fingerprint density at radius 3 is 2.29 bits per heavy atom. The molecule has 0 aliphatic heterocycles. The van der Waals surface area contributed by atoms with Crippen molar-refractivity contribution in [2.75, 3.05) is 0 Å². The van der Waals surface area contributed by atoms with Gasteiger partial charge in [0.25, 0.3) is 0 Å². The van der Waals surface area contributed by atoms with E-state index in [0.717, 1.165) is 31.0 Å². The average Bonchev–Trinajstić information content (AvgIpc) is 2.45. The van der Waals surface area contributed by atoms with E-state index in [2.05, 4.69) is 32.9 Å². The summed E-state index contributed by atoms with van der Waals surface area (Å²) in [5.41, 5.74) is -0.174. The van der Waals surface area contributed by atoms with E-state index in [-0.39, 0.29) is 15.0 Å². The van der Waals surface area contributed by atoms with E-state index in [9.17, 15) is 10.4 Å². The second-order valence-electron chi connectivity index (χ2n) is 7.33. The van der Waals surface area contributed by atoms with Crippen molar-refractivity contribution in [2.45, 2.75) is 57.3 Å². The van der Waals surface area contributed by atoms with Crippen LogP contribution in [0.4, 0.5) is 0 Å². The van der Waals surface area contributed by atoms with E-state index in [0.29, 0.717) is 11.3 Å². The molecule has 2 rings (SSSR count). The van der Waals surface area contributed by atoms with Gasteiger partial charge in [0, 0.05) is 0 Å². The van der Waals surface area contributed by atoms with Crippen LogP contribution in [-0.4, -0.2) is 25.7 Å². The molecule has 118 valence electrons. The van der Waals surface area contributed by atoms with Crippen molar-refractivity contribution in [3.63, 3.8) is 0 Å². The van der Waals surface area contributed by atoms with Gasteiger partial charge in [0.15, 0.2) is 0 Å². The summed E-state index contributed by atoms with van der Waals surface area (Å²) in [7, 11) is 0. The summed E-state index contributed by atoms with van der Waals surface area (Å²) in [4.78, 5) is 0. The first kappa shape index (κ1) is 17.0. The zero-order valence-corrected chi connectivity index (χ0v) is 15.0. The van der Waals surface area contributed by atoms with Gasteiger partial charge in [-0.3, -0.25) is 0 Å². The third kappa shape index (κ3) is 4.30. The molecule has 1 fully saturated rings. The normalized spacial score (nSPS) is 28.3. The van der Waals surface area contributed by atoms with Crippen molar-refractivity contribution in [3.8, 4) is 0 Å². The number of hydrogen-bond acceptors (Lipinski definition) is 2. The standard InChI is InChI=1S/C17H27NO2Se/c1-16(2,3)14-9-11-17(12-10-14,18(19)20)13-21-15-7-5-4-6-8-15/h4-8,14,18-19H,9-13H2,1-3H3. The van der Waals surface area contributed by atoms with Crippen molar-refractivity contribution in [1.82, 2.24) is 0 Å². The number of benzene rings is 1. The quantitative estimate of drug-likeness (QED) is 0.642. The van der Waals surface area contributed by atoms with E-state index in [1.54, 1.807) is 0 Å². The fourth-order valence-corrected chi connectivity index (χ4v) is 5.72. The van der Waals surface area contributed by atoms with Crippen LogP contribution in [0.2, 0.25) is 5.32 Å². The Labute approximate surface area is 134 Å². The molecule has 1 atom stereocenters. The van der Waals surface area contributed by atoms with Gasteiger partial charge < -0.3 is 0 Å². The molecule has 1 unspecified atom stereocenters. The molecule has 1 aromatic rings. The molecule has 0 aromatic heterocycles. The van der Waals surface area contributed by atoms with Gasteiger partial charge in [-0.05, 0) is 0 Å². The molecule has 0 spiro atoms. The second kappa shape index (κ2) is 6.80. The van der Waals surface area contributed by atoms with Gasteiger partial charge in [-0.2, -0.15) is 0 Å². The molecule has 1 aliphatic carbocycles. The number of hydroxylamine groups is 2. The molecule has 1 aliphatic rings. The first-order valence-corrected chi connectivity index (χ1v) is 9.81. The van der Waals surface area contributed by atoms with Gasteiger partial charge in [-0.1, -0.05) is 0 Å². The van der Waals surface area contributed by atoms with Crippen LogP contribution in [0.15, 0.2) is 30.3 Å². The van der Waals surface area contributed by atoms with Crippen LogP contribution < -0.4 is 9.69 Å². The van der Waals surface area contributed by atoms with Crippen LogP contribution in [-0.2, 0) is 0 Å². The summed E-state index contributed by atoms with van der Waals surface area (Å²) in [6, 6.07) is 10.3. The Kier molecular flexibility index (Phi) is 5.50. The van der Waals surface area contributed by atoms with Crippen LogP contribution in [0.1, 0.15) is 46.5 Å². The van der Waals surface area contributed by atoms with E-state index in [1.807, 2.05) is 18.2 Å². The predicted molar refractivity (Wildman–Crippen MR) is 86.9 cm³/mol. The van der Waals surface area contributed by atoms with Crippen molar-refractivity contribution in [3.05, 3.63) is 35.5 Å². The molecule has 21 heavy (non-hydrogen) atoms. The van der Waals surface area contributed by atoms with E-state index >= 15 is 0 Å². The Bertz CT molecular complexity index is 434. The molecule has 2 N–H and O–H groups in total. The summed E-state index contributed by atoms with van der Waals surface area (Å²) in [6.45, 7) is 6.83. The molecular formula is C17H27NO2Se. The summed E-state index contributed by atoms with van der Waals surface area (Å²) in [5.74, 6) is 0.661. The van der Waals surface area contributed by atoms with Gasteiger partial charge in [0.1, 0.15) is 0 Å². The Balaban J connectivity index is 1.99. The Hall–Kier alpha value is -0.381. The molecule has 0 saturated heterocycles. The van der Waals surface area contributed by atoms with E-state index in [1.165, 1.54) is 4.46 Å². The van der Waals surface area contributed by atoms with Crippen LogP contribution in [0, 0.1) is 16.5 Å². The topological polar surface area (TPSA) is 47.7 Å². The fraction of sp³-hybridized carbons (Fsp3) is 0.647. The third-order valence-electron chi connectivity index (χ3n) is 4.88. The third-order valence-corrected chi connectivity index (χ3v) is 7.61. The van der Waals surface area contributed by atoms with E-state index in [4.69, 9.17) is 0 Å². The zero-order chi connectivity index (χ0) is 15.5. The zero-order valence-electron chi connectivity index (χ0n) is 13.3. The molecular weight excluding hydrogens is 329 g/mol. The molecule has 0 heterocycles. The van der Waals surface area contributed by atoms with Crippen molar-refractivity contribution >= 4 is 19.4 Å². The molecule has 0 amide bonds. The SMILES string of the molecule is CC(C)(C)C1CCC(C[Se]c2ccccc2)([NH+]([O-])O)CC1. The molecule has 3 nitrogen and oxygen atoms in total. The first-order valence-electron chi connectivity index (χ1n) is 7.75. The minimum atomic E-state index is -0.576. The second-order valence-corrected chi connectivity index (χ2v) is 9.53.